The monoisotopic (exact) mass is 303 g/mol. The Bertz CT molecular complexity index is 472. The van der Waals surface area contributed by atoms with Crippen molar-refractivity contribution in [3.8, 4) is 0 Å². The predicted molar refractivity (Wildman–Crippen MR) is 71.7 cm³/mol. The summed E-state index contributed by atoms with van der Waals surface area (Å²) in [5, 5.41) is 4.90. The van der Waals surface area contributed by atoms with Gasteiger partial charge in [0.05, 0.1) is 12.1 Å². The van der Waals surface area contributed by atoms with Gasteiger partial charge in [0.1, 0.15) is 5.03 Å². The molecule has 0 saturated carbocycles. The number of aromatic nitrogens is 1. The summed E-state index contributed by atoms with van der Waals surface area (Å²) in [6.07, 6.45) is 2.12. The summed E-state index contributed by atoms with van der Waals surface area (Å²) in [5.74, 6) is -3.59. The van der Waals surface area contributed by atoms with E-state index in [4.69, 9.17) is 0 Å². The van der Waals surface area contributed by atoms with Crippen molar-refractivity contribution in [1.29, 1.82) is 0 Å². The lowest BCUT2D eigenvalue weighted by Gasteiger charge is -2.08. The first-order chi connectivity index (χ1) is 9.54. The van der Waals surface area contributed by atoms with E-state index >= 15 is 0 Å². The van der Waals surface area contributed by atoms with Crippen LogP contribution in [0.1, 0.15) is 23.7 Å². The molecular formula is C12H15F2N3O2S. The minimum absolute atomic E-state index is 0.0288. The lowest BCUT2D eigenvalue weighted by Crippen LogP contribution is -2.37. The van der Waals surface area contributed by atoms with Crippen LogP contribution in [0.5, 0.6) is 0 Å². The zero-order chi connectivity index (χ0) is 15.0. The Kier molecular flexibility index (Phi) is 6.92. The van der Waals surface area contributed by atoms with Gasteiger partial charge in [-0.2, -0.15) is 8.78 Å². The molecule has 2 N–H and O–H groups in total. The molecule has 0 aliphatic carbocycles. The number of hydrogen-bond donors (Lipinski definition) is 2. The number of thioether (sulfide) groups is 1. The van der Waals surface area contributed by atoms with Crippen LogP contribution in [0.25, 0.3) is 0 Å². The molecule has 110 valence electrons. The first-order valence-corrected chi connectivity index (χ1v) is 6.87. The normalized spacial score (nSPS) is 10.4. The highest BCUT2D eigenvalue weighted by molar-refractivity contribution is 7.99. The number of carbonyl (C=O) groups excluding carboxylic acids is 2. The molecule has 1 rings (SSSR count). The van der Waals surface area contributed by atoms with Crippen molar-refractivity contribution >= 4 is 23.6 Å². The van der Waals surface area contributed by atoms with Gasteiger partial charge >= 0.3 is 0 Å². The van der Waals surface area contributed by atoms with Gasteiger partial charge in [-0.05, 0) is 30.3 Å². The molecule has 0 atom stereocenters. The Balaban J connectivity index is 2.61. The molecule has 1 aromatic heterocycles. The molecule has 1 aromatic rings. The fourth-order valence-electron chi connectivity index (χ4n) is 1.32. The lowest BCUT2D eigenvalue weighted by molar-refractivity contribution is -0.120. The van der Waals surface area contributed by atoms with Crippen LogP contribution < -0.4 is 10.6 Å². The topological polar surface area (TPSA) is 71.1 Å². The number of carbonyl (C=O) groups is 2. The molecule has 1 heterocycles. The van der Waals surface area contributed by atoms with Crippen LogP contribution in [-0.2, 0) is 4.79 Å². The Morgan fingerprint density at radius 2 is 2.15 bits per heavy atom. The third kappa shape index (κ3) is 5.52. The molecule has 5 nitrogen and oxygen atoms in total. The second kappa shape index (κ2) is 8.47. The number of amides is 2. The standard InChI is InChI=1S/C12H15F2N3O2S/c1-2-5-15-9(18)7-17-10(19)8-4-3-6-16-11(8)20-12(13)14/h3-4,6,12H,2,5,7H2,1H3,(H,15,18)(H,17,19). The quantitative estimate of drug-likeness (QED) is 0.751. The summed E-state index contributed by atoms with van der Waals surface area (Å²) in [5.41, 5.74) is 0.0288. The molecule has 0 unspecified atom stereocenters. The molecule has 0 bridgehead atoms. The minimum atomic E-state index is -2.66. The van der Waals surface area contributed by atoms with E-state index in [1.54, 1.807) is 0 Å². The van der Waals surface area contributed by atoms with Gasteiger partial charge in [0.25, 0.3) is 11.7 Å². The summed E-state index contributed by atoms with van der Waals surface area (Å²) in [7, 11) is 0. The van der Waals surface area contributed by atoms with Crippen LogP contribution in [0.3, 0.4) is 0 Å². The fourth-order valence-corrected chi connectivity index (χ4v) is 1.90. The Morgan fingerprint density at radius 1 is 1.40 bits per heavy atom. The number of alkyl halides is 2. The molecule has 0 fully saturated rings. The highest BCUT2D eigenvalue weighted by Gasteiger charge is 2.16. The van der Waals surface area contributed by atoms with Crippen molar-refractivity contribution in [3.05, 3.63) is 23.9 Å². The highest BCUT2D eigenvalue weighted by atomic mass is 32.2. The van der Waals surface area contributed by atoms with E-state index < -0.39 is 11.7 Å². The van der Waals surface area contributed by atoms with E-state index in [1.807, 2.05) is 6.92 Å². The van der Waals surface area contributed by atoms with Gasteiger partial charge in [-0.3, -0.25) is 9.59 Å². The fraction of sp³-hybridized carbons (Fsp3) is 0.417. The molecule has 0 radical (unpaired) electrons. The van der Waals surface area contributed by atoms with E-state index in [1.165, 1.54) is 18.3 Å². The Morgan fingerprint density at radius 3 is 2.80 bits per heavy atom. The number of pyridine rings is 1. The average molecular weight is 303 g/mol. The van der Waals surface area contributed by atoms with Crippen LogP contribution >= 0.6 is 11.8 Å². The number of nitrogens with zero attached hydrogens (tertiary/aromatic N) is 1. The second-order valence-corrected chi connectivity index (χ2v) is 4.75. The van der Waals surface area contributed by atoms with Gasteiger partial charge in [0, 0.05) is 12.7 Å². The first kappa shape index (κ1) is 16.4. The zero-order valence-corrected chi connectivity index (χ0v) is 11.7. The second-order valence-electron chi connectivity index (χ2n) is 3.77. The largest absolute Gasteiger partial charge is 0.355 e. The van der Waals surface area contributed by atoms with Crippen molar-refractivity contribution in [3.63, 3.8) is 0 Å². The van der Waals surface area contributed by atoms with E-state index in [-0.39, 0.29) is 34.8 Å². The maximum Gasteiger partial charge on any atom is 0.290 e. The van der Waals surface area contributed by atoms with Gasteiger partial charge in [0.15, 0.2) is 0 Å². The summed E-state index contributed by atoms with van der Waals surface area (Å²) < 4.78 is 24.7. The van der Waals surface area contributed by atoms with Gasteiger partial charge in [-0.25, -0.2) is 4.98 Å². The van der Waals surface area contributed by atoms with Crippen LogP contribution in [0.15, 0.2) is 23.4 Å². The third-order valence-electron chi connectivity index (χ3n) is 2.20. The highest BCUT2D eigenvalue weighted by Crippen LogP contribution is 2.26. The maximum atomic E-state index is 12.3. The summed E-state index contributed by atoms with van der Waals surface area (Å²) in [6.45, 7) is 2.23. The molecular weight excluding hydrogens is 288 g/mol. The van der Waals surface area contributed by atoms with Gasteiger partial charge in [-0.1, -0.05) is 6.92 Å². The SMILES string of the molecule is CCCNC(=O)CNC(=O)c1cccnc1SC(F)F. The predicted octanol–water partition coefficient (Wildman–Crippen LogP) is 1.65. The maximum absolute atomic E-state index is 12.3. The van der Waals surface area contributed by atoms with Crippen LogP contribution in [0.4, 0.5) is 8.78 Å². The minimum Gasteiger partial charge on any atom is -0.355 e. The number of hydrogen-bond acceptors (Lipinski definition) is 4. The van der Waals surface area contributed by atoms with E-state index in [0.717, 1.165) is 6.42 Å². The van der Waals surface area contributed by atoms with Crippen molar-refractivity contribution < 1.29 is 18.4 Å². The molecule has 8 heteroatoms. The number of nitrogens with one attached hydrogen (secondary N) is 2. The van der Waals surface area contributed by atoms with E-state index in [2.05, 4.69) is 15.6 Å². The molecule has 0 saturated heterocycles. The summed E-state index contributed by atoms with van der Waals surface area (Å²) >= 11 is 0.196. The van der Waals surface area contributed by atoms with Gasteiger partial charge in [-0.15, -0.1) is 0 Å². The first-order valence-electron chi connectivity index (χ1n) is 5.99. The zero-order valence-electron chi connectivity index (χ0n) is 10.9. The van der Waals surface area contributed by atoms with Crippen molar-refractivity contribution in [2.75, 3.05) is 13.1 Å². The van der Waals surface area contributed by atoms with E-state index in [9.17, 15) is 18.4 Å². The molecule has 2 amide bonds. The van der Waals surface area contributed by atoms with Crippen molar-refractivity contribution in [1.82, 2.24) is 15.6 Å². The van der Waals surface area contributed by atoms with Crippen LogP contribution in [0.2, 0.25) is 0 Å². The average Bonchev–Trinajstić information content (AvgIpc) is 2.42. The Hall–Kier alpha value is -1.70. The van der Waals surface area contributed by atoms with Gasteiger partial charge in [0.2, 0.25) is 5.91 Å². The van der Waals surface area contributed by atoms with Gasteiger partial charge < -0.3 is 10.6 Å². The molecule has 0 spiro atoms. The van der Waals surface area contributed by atoms with Crippen molar-refractivity contribution in [2.24, 2.45) is 0 Å². The third-order valence-corrected chi connectivity index (χ3v) is 2.92. The van der Waals surface area contributed by atoms with Crippen LogP contribution in [0, 0.1) is 0 Å². The molecule has 0 aromatic carbocycles. The smallest absolute Gasteiger partial charge is 0.290 e. The summed E-state index contributed by atoms with van der Waals surface area (Å²) in [4.78, 5) is 26.9. The van der Waals surface area contributed by atoms with Crippen molar-refractivity contribution in [2.45, 2.75) is 24.1 Å². The molecule has 20 heavy (non-hydrogen) atoms. The van der Waals surface area contributed by atoms with Crippen LogP contribution in [-0.4, -0.2) is 35.6 Å². The van der Waals surface area contributed by atoms with E-state index in [0.29, 0.717) is 6.54 Å². The molecule has 0 aliphatic rings. The number of rotatable bonds is 7. The molecule has 0 aliphatic heterocycles. The summed E-state index contributed by atoms with van der Waals surface area (Å²) in [6, 6.07) is 2.86. The lowest BCUT2D eigenvalue weighted by atomic mass is 10.2. The number of halogens is 2. The Labute approximate surface area is 119 Å².